The minimum Gasteiger partial charge on any atom is -0.379 e. The second kappa shape index (κ2) is 8.34. The molecule has 1 aromatic carbocycles. The van der Waals surface area contributed by atoms with Gasteiger partial charge >= 0.3 is 0 Å². The molecule has 28 heavy (non-hydrogen) atoms. The van der Waals surface area contributed by atoms with Crippen molar-refractivity contribution in [2.45, 2.75) is 38.9 Å². The topological polar surface area (TPSA) is 81.2 Å². The highest BCUT2D eigenvalue weighted by Gasteiger charge is 2.46. The highest BCUT2D eigenvalue weighted by molar-refractivity contribution is 6.32. The molecule has 3 N–H and O–H groups in total. The first kappa shape index (κ1) is 19.0. The summed E-state index contributed by atoms with van der Waals surface area (Å²) in [5.74, 6) is 12.7. The minimum absolute atomic E-state index is 0.263. The van der Waals surface area contributed by atoms with Gasteiger partial charge in [0.1, 0.15) is 0 Å². The van der Waals surface area contributed by atoms with Crippen LogP contribution < -0.4 is 11.2 Å². The lowest BCUT2D eigenvalue weighted by molar-refractivity contribution is -0.201. The summed E-state index contributed by atoms with van der Waals surface area (Å²) in [7, 11) is 0. The van der Waals surface area contributed by atoms with E-state index >= 15 is 0 Å². The number of aryl methyl sites for hydroxylation is 1. The van der Waals surface area contributed by atoms with Crippen LogP contribution in [0.1, 0.15) is 36.8 Å². The molecule has 6 heteroatoms. The number of hydrogen-bond donors (Lipinski definition) is 2. The highest BCUT2D eigenvalue weighted by atomic mass is 16.7. The molecule has 4 rings (SSSR count). The Morgan fingerprint density at radius 1 is 1.32 bits per heavy atom. The van der Waals surface area contributed by atoms with E-state index < -0.39 is 0 Å². The molecule has 6 nitrogen and oxygen atoms in total. The summed E-state index contributed by atoms with van der Waals surface area (Å²) < 4.78 is 11.5. The number of hydrogen-bond acceptors (Lipinski definition) is 6. The van der Waals surface area contributed by atoms with Crippen molar-refractivity contribution < 1.29 is 9.47 Å². The summed E-state index contributed by atoms with van der Waals surface area (Å²) >= 11 is 0. The Morgan fingerprint density at radius 3 is 2.75 bits per heavy atom. The molecule has 148 valence electrons. The Morgan fingerprint density at radius 2 is 2.11 bits per heavy atom. The molecule has 1 heterocycles. The van der Waals surface area contributed by atoms with Crippen molar-refractivity contribution in [1.29, 1.82) is 0 Å². The largest absolute Gasteiger partial charge is 0.379 e. The number of nitrogens with one attached hydrogen (secondary N) is 1. The minimum atomic E-state index is -0.263. The maximum atomic E-state index is 5.73. The molecular formula is C22H28N4O2. The number of nitrogens with zero attached hydrogens (tertiary/aromatic N) is 2. The van der Waals surface area contributed by atoms with Crippen LogP contribution in [0.3, 0.4) is 0 Å². The molecule has 0 radical (unpaired) electrons. The molecule has 0 aromatic heterocycles. The Bertz CT molecular complexity index is 819. The molecule has 1 aliphatic heterocycles. The van der Waals surface area contributed by atoms with Crippen molar-refractivity contribution in [3.8, 4) is 11.8 Å². The van der Waals surface area contributed by atoms with E-state index in [0.717, 1.165) is 30.0 Å². The van der Waals surface area contributed by atoms with Crippen LogP contribution in [0.15, 0.2) is 28.3 Å². The highest BCUT2D eigenvalue weighted by Crippen LogP contribution is 2.48. The molecule has 1 saturated heterocycles. The van der Waals surface area contributed by atoms with Gasteiger partial charge in [-0.15, -0.1) is 0 Å². The average molecular weight is 380 g/mol. The summed E-state index contributed by atoms with van der Waals surface area (Å²) in [5.41, 5.74) is 4.23. The fraction of sp³-hybridized carbons (Fsp3) is 0.545. The lowest BCUT2D eigenvalue weighted by atomic mass is 10.1. The second-order valence-electron chi connectivity index (χ2n) is 8.09. The van der Waals surface area contributed by atoms with Gasteiger partial charge in [-0.2, -0.15) is 5.10 Å². The number of ether oxygens (including phenoxy) is 2. The quantitative estimate of drug-likeness (QED) is 0.344. The molecule has 2 aliphatic carbocycles. The third-order valence-electron chi connectivity index (χ3n) is 5.45. The molecular weight excluding hydrogens is 352 g/mol. The van der Waals surface area contributed by atoms with Crippen molar-refractivity contribution in [2.24, 2.45) is 27.3 Å². The predicted molar refractivity (Wildman–Crippen MR) is 112 cm³/mol. The number of benzene rings is 1. The van der Waals surface area contributed by atoms with Crippen LogP contribution in [0, 0.1) is 30.1 Å². The number of hydrazone groups is 1. The summed E-state index contributed by atoms with van der Waals surface area (Å²) in [5, 5.41) is 7.19. The van der Waals surface area contributed by atoms with Gasteiger partial charge in [-0.05, 0) is 56.4 Å². The molecule has 0 atom stereocenters. The molecule has 1 spiro atoms. The van der Waals surface area contributed by atoms with Gasteiger partial charge in [0.15, 0.2) is 6.29 Å². The zero-order chi connectivity index (χ0) is 19.4. The predicted octanol–water partition coefficient (Wildman–Crippen LogP) is 2.71. The summed E-state index contributed by atoms with van der Waals surface area (Å²) in [6, 6.07) is 6.20. The van der Waals surface area contributed by atoms with E-state index in [1.54, 1.807) is 6.21 Å². The first-order valence-corrected chi connectivity index (χ1v) is 10.0. The van der Waals surface area contributed by atoms with Crippen LogP contribution in [-0.4, -0.2) is 44.5 Å². The van der Waals surface area contributed by atoms with E-state index in [-0.39, 0.29) is 6.29 Å². The molecule has 0 bridgehead atoms. The first-order valence-electron chi connectivity index (χ1n) is 10.0. The molecule has 3 fully saturated rings. The third-order valence-corrected chi connectivity index (χ3v) is 5.45. The smallest absolute Gasteiger partial charge is 0.176 e. The zero-order valence-electron chi connectivity index (χ0n) is 16.4. The lowest BCUT2D eigenvalue weighted by Crippen LogP contribution is -2.35. The van der Waals surface area contributed by atoms with Gasteiger partial charge in [-0.1, -0.05) is 11.8 Å². The van der Waals surface area contributed by atoms with E-state index in [9.17, 15) is 0 Å². The van der Waals surface area contributed by atoms with Crippen LogP contribution in [0.25, 0.3) is 0 Å². The SMILES string of the molecule is Cc1cc(C#CC2CC2)ccc1NCC(C=NCC1OCC2(CC2)CO1)=NN. The molecule has 0 amide bonds. The second-order valence-corrected chi connectivity index (χ2v) is 8.09. The standard InChI is InChI=1S/C22H28N4O2/c1-16-10-18(5-4-17-2-3-17)6-7-20(16)25-12-19(26-23)11-24-13-21-27-14-22(8-9-22)15-28-21/h6-7,10-11,17,21,25H,2-3,8-9,12-15,23H2,1H3. The van der Waals surface area contributed by atoms with Gasteiger partial charge in [0.2, 0.25) is 0 Å². The van der Waals surface area contributed by atoms with Crippen LogP contribution in [0.4, 0.5) is 5.69 Å². The van der Waals surface area contributed by atoms with Crippen LogP contribution in [-0.2, 0) is 9.47 Å². The van der Waals surface area contributed by atoms with E-state index in [1.807, 2.05) is 6.07 Å². The maximum absolute atomic E-state index is 5.73. The van der Waals surface area contributed by atoms with Crippen LogP contribution in [0.5, 0.6) is 0 Å². The van der Waals surface area contributed by atoms with Crippen molar-refractivity contribution in [3.05, 3.63) is 29.3 Å². The van der Waals surface area contributed by atoms with Crippen LogP contribution >= 0.6 is 0 Å². The lowest BCUT2D eigenvalue weighted by Gasteiger charge is -2.28. The first-order chi connectivity index (χ1) is 13.7. The Labute approximate surface area is 166 Å². The Kier molecular flexibility index (Phi) is 5.65. The van der Waals surface area contributed by atoms with E-state index in [4.69, 9.17) is 15.3 Å². The van der Waals surface area contributed by atoms with Crippen molar-refractivity contribution in [3.63, 3.8) is 0 Å². The Hall–Kier alpha value is -2.36. The fourth-order valence-electron chi connectivity index (χ4n) is 3.11. The number of nitrogens with two attached hydrogens (primary N) is 1. The normalized spacial score (nSPS) is 21.5. The van der Waals surface area contributed by atoms with Crippen molar-refractivity contribution >= 4 is 17.6 Å². The number of anilines is 1. The molecule has 0 unspecified atom stereocenters. The van der Waals surface area contributed by atoms with Gasteiger partial charge < -0.3 is 20.6 Å². The van der Waals surface area contributed by atoms with Gasteiger partial charge in [-0.3, -0.25) is 4.99 Å². The summed E-state index contributed by atoms with van der Waals surface area (Å²) in [6.45, 7) is 4.61. The fourth-order valence-corrected chi connectivity index (χ4v) is 3.11. The monoisotopic (exact) mass is 380 g/mol. The van der Waals surface area contributed by atoms with Gasteiger partial charge in [0, 0.05) is 28.8 Å². The summed E-state index contributed by atoms with van der Waals surface area (Å²) in [4.78, 5) is 4.39. The third kappa shape index (κ3) is 5.12. The van der Waals surface area contributed by atoms with Gasteiger partial charge in [0.25, 0.3) is 0 Å². The number of aliphatic imine (C=N–C) groups is 1. The van der Waals surface area contributed by atoms with Crippen molar-refractivity contribution in [2.75, 3.05) is 31.6 Å². The molecule has 3 aliphatic rings. The van der Waals surface area contributed by atoms with Gasteiger partial charge in [-0.25, -0.2) is 0 Å². The van der Waals surface area contributed by atoms with Gasteiger partial charge in [0.05, 0.1) is 32.0 Å². The van der Waals surface area contributed by atoms with E-state index in [0.29, 0.717) is 30.1 Å². The van der Waals surface area contributed by atoms with E-state index in [1.165, 1.54) is 25.7 Å². The van der Waals surface area contributed by atoms with Crippen molar-refractivity contribution in [1.82, 2.24) is 0 Å². The maximum Gasteiger partial charge on any atom is 0.176 e. The molecule has 1 aromatic rings. The average Bonchev–Trinajstić information content (AvgIpc) is 3.63. The number of rotatable bonds is 6. The van der Waals surface area contributed by atoms with Crippen LogP contribution in [0.2, 0.25) is 0 Å². The zero-order valence-corrected chi connectivity index (χ0v) is 16.4. The van der Waals surface area contributed by atoms with E-state index in [2.05, 4.69) is 46.3 Å². The summed E-state index contributed by atoms with van der Waals surface area (Å²) in [6.07, 6.45) is 6.34. The molecule has 2 saturated carbocycles. The Balaban J connectivity index is 1.24.